The number of carbonyl (C=O) groups is 2. The topological polar surface area (TPSA) is 146 Å². The molecule has 0 atom stereocenters. The molecule has 1 heterocycles. The van der Waals surface area contributed by atoms with Crippen LogP contribution in [-0.4, -0.2) is 68.4 Å². The number of hydrogen-bond donors (Lipinski definition) is 2. The van der Waals surface area contributed by atoms with Gasteiger partial charge >= 0.3 is 0 Å². The number of nitrogens with one attached hydrogen (secondary N) is 2. The molecule has 2 amide bonds. The van der Waals surface area contributed by atoms with E-state index in [0.29, 0.717) is 85.1 Å². The van der Waals surface area contributed by atoms with Crippen molar-refractivity contribution in [3.05, 3.63) is 89.3 Å². The summed E-state index contributed by atoms with van der Waals surface area (Å²) in [4.78, 5) is 30.8. The van der Waals surface area contributed by atoms with Crippen LogP contribution in [-0.2, 0) is 20.0 Å². The molecule has 11 nitrogen and oxygen atoms in total. The quantitative estimate of drug-likeness (QED) is 0.120. The van der Waals surface area contributed by atoms with Gasteiger partial charge in [0.05, 0.1) is 15.5 Å². The van der Waals surface area contributed by atoms with Gasteiger partial charge in [0.25, 0.3) is 11.8 Å². The van der Waals surface area contributed by atoms with Crippen LogP contribution < -0.4 is 10.6 Å². The third kappa shape index (κ3) is 9.40. The first-order valence-corrected chi connectivity index (χ1v) is 20.1. The van der Waals surface area contributed by atoms with E-state index in [1.807, 2.05) is 33.8 Å². The van der Waals surface area contributed by atoms with Gasteiger partial charge in [0.1, 0.15) is 0 Å². The SMILES string of the molecule is CCCN(CCC)S(=O)(=O)c1ccc(C(=O)Nc2cccc(-c3csc(NC(=O)c4ccc(S(=O)(=O)N(CCC)CCC)cc4)n3)c2)cc1. The molecule has 262 valence electrons. The van der Waals surface area contributed by atoms with Crippen LogP contribution in [0.1, 0.15) is 74.1 Å². The van der Waals surface area contributed by atoms with Crippen molar-refractivity contribution in [3.63, 3.8) is 0 Å². The van der Waals surface area contributed by atoms with Crippen LogP contribution in [0.25, 0.3) is 11.3 Å². The molecule has 4 aromatic rings. The van der Waals surface area contributed by atoms with Gasteiger partial charge in [-0.2, -0.15) is 8.61 Å². The molecule has 49 heavy (non-hydrogen) atoms. The van der Waals surface area contributed by atoms with Crippen LogP contribution in [0.15, 0.2) is 88.0 Å². The van der Waals surface area contributed by atoms with Crippen molar-refractivity contribution in [2.75, 3.05) is 36.8 Å². The fourth-order valence-electron chi connectivity index (χ4n) is 5.15. The van der Waals surface area contributed by atoms with Crippen molar-refractivity contribution in [2.45, 2.75) is 63.2 Å². The molecular formula is C35H43N5O6S3. The second-order valence-electron chi connectivity index (χ2n) is 11.4. The largest absolute Gasteiger partial charge is 0.322 e. The van der Waals surface area contributed by atoms with Crippen molar-refractivity contribution in [1.82, 2.24) is 13.6 Å². The number of hydrogen-bond acceptors (Lipinski definition) is 8. The average molecular weight is 726 g/mol. The van der Waals surface area contributed by atoms with E-state index in [4.69, 9.17) is 0 Å². The molecule has 0 saturated carbocycles. The molecule has 0 aliphatic rings. The molecular weight excluding hydrogens is 683 g/mol. The first kappa shape index (κ1) is 37.9. The highest BCUT2D eigenvalue weighted by Crippen LogP contribution is 2.28. The maximum absolute atomic E-state index is 13.1. The van der Waals surface area contributed by atoms with Crippen molar-refractivity contribution in [2.24, 2.45) is 0 Å². The highest BCUT2D eigenvalue weighted by Gasteiger charge is 2.24. The smallest absolute Gasteiger partial charge is 0.257 e. The zero-order valence-corrected chi connectivity index (χ0v) is 30.6. The Labute approximate surface area is 293 Å². The summed E-state index contributed by atoms with van der Waals surface area (Å²) in [5, 5.41) is 7.75. The Morgan fingerprint density at radius 2 is 1.10 bits per heavy atom. The molecule has 4 rings (SSSR count). The summed E-state index contributed by atoms with van der Waals surface area (Å²) < 4.78 is 55.2. The summed E-state index contributed by atoms with van der Waals surface area (Å²) in [5.74, 6) is -0.819. The van der Waals surface area contributed by atoms with E-state index in [1.54, 1.807) is 23.6 Å². The van der Waals surface area contributed by atoms with Crippen LogP contribution in [0, 0.1) is 0 Å². The van der Waals surface area contributed by atoms with Crippen molar-refractivity contribution < 1.29 is 26.4 Å². The normalized spacial score (nSPS) is 12.0. The zero-order chi connectivity index (χ0) is 35.6. The lowest BCUT2D eigenvalue weighted by molar-refractivity contribution is 0.101. The van der Waals surface area contributed by atoms with E-state index in [2.05, 4.69) is 15.6 Å². The second-order valence-corrected chi connectivity index (χ2v) is 16.1. The van der Waals surface area contributed by atoms with Gasteiger partial charge < -0.3 is 5.32 Å². The summed E-state index contributed by atoms with van der Waals surface area (Å²) in [6, 6.07) is 18.8. The van der Waals surface area contributed by atoms with Crippen molar-refractivity contribution in [1.29, 1.82) is 0 Å². The summed E-state index contributed by atoms with van der Waals surface area (Å²) in [7, 11) is -7.31. The molecule has 14 heteroatoms. The highest BCUT2D eigenvalue weighted by atomic mass is 32.2. The van der Waals surface area contributed by atoms with Gasteiger partial charge in [0, 0.05) is 53.9 Å². The predicted octanol–water partition coefficient (Wildman–Crippen LogP) is 6.94. The number of carbonyl (C=O) groups excluding carboxylic acids is 2. The third-order valence-electron chi connectivity index (χ3n) is 7.54. The first-order valence-electron chi connectivity index (χ1n) is 16.3. The number of amides is 2. The Kier molecular flexibility index (Phi) is 13.2. The Morgan fingerprint density at radius 3 is 1.55 bits per heavy atom. The molecule has 0 fully saturated rings. The number of anilines is 2. The molecule has 0 aliphatic heterocycles. The Hall–Kier alpha value is -3.95. The predicted molar refractivity (Wildman–Crippen MR) is 195 cm³/mol. The van der Waals surface area contributed by atoms with E-state index < -0.39 is 31.9 Å². The van der Waals surface area contributed by atoms with Gasteiger partial charge in [0.15, 0.2) is 5.13 Å². The maximum Gasteiger partial charge on any atom is 0.257 e. The Balaban J connectivity index is 1.41. The molecule has 0 saturated heterocycles. The second kappa shape index (κ2) is 17.1. The zero-order valence-electron chi connectivity index (χ0n) is 28.2. The summed E-state index contributed by atoms with van der Waals surface area (Å²) in [6.07, 6.45) is 2.82. The van der Waals surface area contributed by atoms with E-state index >= 15 is 0 Å². The fourth-order valence-corrected chi connectivity index (χ4v) is 9.11. The first-order chi connectivity index (χ1) is 23.4. The van der Waals surface area contributed by atoms with Crippen LogP contribution in [0.3, 0.4) is 0 Å². The lowest BCUT2D eigenvalue weighted by Crippen LogP contribution is -2.32. The molecule has 0 spiro atoms. The number of nitrogens with zero attached hydrogens (tertiary/aromatic N) is 3. The van der Waals surface area contributed by atoms with Gasteiger partial charge in [-0.05, 0) is 86.3 Å². The molecule has 3 aromatic carbocycles. The molecule has 0 radical (unpaired) electrons. The minimum Gasteiger partial charge on any atom is -0.322 e. The van der Waals surface area contributed by atoms with Crippen LogP contribution in [0.4, 0.5) is 10.8 Å². The average Bonchev–Trinajstić information content (AvgIpc) is 3.56. The van der Waals surface area contributed by atoms with Crippen LogP contribution in [0.2, 0.25) is 0 Å². The van der Waals surface area contributed by atoms with E-state index in [9.17, 15) is 26.4 Å². The molecule has 2 N–H and O–H groups in total. The van der Waals surface area contributed by atoms with Crippen molar-refractivity contribution >= 4 is 54.0 Å². The van der Waals surface area contributed by atoms with Crippen LogP contribution in [0.5, 0.6) is 0 Å². The minimum atomic E-state index is -3.65. The Morgan fingerprint density at radius 1 is 0.653 bits per heavy atom. The lowest BCUT2D eigenvalue weighted by Gasteiger charge is -2.21. The number of rotatable bonds is 17. The van der Waals surface area contributed by atoms with Crippen LogP contribution >= 0.6 is 11.3 Å². The fraction of sp³-hybridized carbons (Fsp3) is 0.343. The number of aromatic nitrogens is 1. The van der Waals surface area contributed by atoms with Crippen molar-refractivity contribution in [3.8, 4) is 11.3 Å². The third-order valence-corrected chi connectivity index (χ3v) is 12.1. The molecule has 0 aliphatic carbocycles. The minimum absolute atomic E-state index is 0.139. The highest BCUT2D eigenvalue weighted by molar-refractivity contribution is 7.89. The number of thiazole rings is 1. The number of benzene rings is 3. The van der Waals surface area contributed by atoms with E-state index in [1.165, 1.54) is 68.5 Å². The summed E-state index contributed by atoms with van der Waals surface area (Å²) in [6.45, 7) is 9.45. The monoisotopic (exact) mass is 725 g/mol. The molecule has 0 unspecified atom stereocenters. The van der Waals surface area contributed by atoms with Gasteiger partial charge in [-0.15, -0.1) is 11.3 Å². The standard InChI is InChI=1S/C35H43N5O6S3/c1-5-20-39(21-6-2)48(43,44)30-16-12-26(13-17-30)33(41)36-29-11-9-10-28(24-29)32-25-47-35(37-32)38-34(42)27-14-18-31(19-15-27)49(45,46)40(22-7-3)23-8-4/h9-19,24-25H,5-8,20-23H2,1-4H3,(H,36,41)(H,37,38,42). The Bertz CT molecular complexity index is 1930. The van der Waals surface area contributed by atoms with Gasteiger partial charge in [-0.1, -0.05) is 39.8 Å². The van der Waals surface area contributed by atoms with E-state index in [-0.39, 0.29) is 9.79 Å². The van der Waals surface area contributed by atoms with Gasteiger partial charge in [-0.3, -0.25) is 14.9 Å². The number of sulfonamides is 2. The molecule has 1 aromatic heterocycles. The maximum atomic E-state index is 13.1. The van der Waals surface area contributed by atoms with Gasteiger partial charge in [-0.25, -0.2) is 21.8 Å². The summed E-state index contributed by atoms with van der Waals surface area (Å²) in [5.41, 5.74) is 2.42. The summed E-state index contributed by atoms with van der Waals surface area (Å²) >= 11 is 1.23. The molecule has 0 bridgehead atoms. The van der Waals surface area contributed by atoms with E-state index in [0.717, 1.165) is 0 Å². The van der Waals surface area contributed by atoms with Gasteiger partial charge in [0.2, 0.25) is 20.0 Å². The lowest BCUT2D eigenvalue weighted by atomic mass is 10.1.